The average molecular weight is 673 g/mol. The van der Waals surface area contributed by atoms with E-state index >= 15 is 0 Å². The second-order valence-electron chi connectivity index (χ2n) is 10.2. The molecule has 1 unspecified atom stereocenters. The Morgan fingerprint density at radius 1 is 1.02 bits per heavy atom. The van der Waals surface area contributed by atoms with E-state index in [1.807, 2.05) is 42.6 Å². The molecular formula is C33H26ClFN6O3S2. The van der Waals surface area contributed by atoms with Crippen molar-refractivity contribution in [2.45, 2.75) is 26.0 Å². The van der Waals surface area contributed by atoms with Gasteiger partial charge in [0.1, 0.15) is 40.3 Å². The lowest BCUT2D eigenvalue weighted by Crippen LogP contribution is -2.29. The Balaban J connectivity index is 1.18. The van der Waals surface area contributed by atoms with E-state index in [1.54, 1.807) is 42.6 Å². The molecular weight excluding hydrogens is 647 g/mol. The van der Waals surface area contributed by atoms with Crippen molar-refractivity contribution in [1.29, 1.82) is 0 Å². The van der Waals surface area contributed by atoms with E-state index in [1.165, 1.54) is 29.8 Å². The highest BCUT2D eigenvalue weighted by molar-refractivity contribution is 7.72. The summed E-state index contributed by atoms with van der Waals surface area (Å²) in [7, 11) is -2.43. The smallest absolute Gasteiger partial charge is 0.228 e. The fourth-order valence-corrected chi connectivity index (χ4v) is 6.29. The number of hydrogen-bond donors (Lipinski definition) is 2. The molecule has 6 aromatic rings. The highest BCUT2D eigenvalue weighted by Crippen LogP contribution is 2.33. The lowest BCUT2D eigenvalue weighted by molar-refractivity contribution is 0.306. The van der Waals surface area contributed by atoms with E-state index in [9.17, 15) is 12.8 Å². The minimum atomic E-state index is -2.43. The largest absolute Gasteiger partial charge is 0.487 e. The first-order chi connectivity index (χ1) is 22.3. The summed E-state index contributed by atoms with van der Waals surface area (Å²) < 4.78 is 43.1. The van der Waals surface area contributed by atoms with Gasteiger partial charge in [0, 0.05) is 40.3 Å². The Morgan fingerprint density at radius 3 is 2.70 bits per heavy atom. The van der Waals surface area contributed by atoms with Gasteiger partial charge >= 0.3 is 0 Å². The molecule has 13 heteroatoms. The first-order valence-electron chi connectivity index (χ1n) is 14.1. The van der Waals surface area contributed by atoms with E-state index in [0.29, 0.717) is 33.5 Å². The standard InChI is InChI=1S/C33H26ClFN6O3S2/c1-20(39-31(46(42)43)16-24-7-2-3-12-36-24)33-41-29(18-45-33)22-8-10-28-26(14-22)32(38-19-37-28)40-25-9-11-30(27(34)15-25)44-17-21-5-4-6-23(35)13-21/h2-15,18-20,39H,16-17H2,1H3,(H,37,38,40). The fraction of sp³-hybridized carbons (Fsp3) is 0.121. The number of thiazole rings is 1. The third-order valence-corrected chi connectivity index (χ3v) is 8.94. The van der Waals surface area contributed by atoms with Crippen LogP contribution in [-0.2, 0) is 23.3 Å². The number of anilines is 2. The van der Waals surface area contributed by atoms with Crippen molar-refractivity contribution < 1.29 is 17.5 Å². The van der Waals surface area contributed by atoms with E-state index < -0.39 is 10.3 Å². The number of halogens is 2. The number of benzene rings is 3. The topological polar surface area (TPSA) is 119 Å². The predicted octanol–water partition coefficient (Wildman–Crippen LogP) is 7.17. The summed E-state index contributed by atoms with van der Waals surface area (Å²) in [5.74, 6) is 0.721. The summed E-state index contributed by atoms with van der Waals surface area (Å²) in [6.07, 6.45) is 3.28. The minimum Gasteiger partial charge on any atom is -0.487 e. The monoisotopic (exact) mass is 672 g/mol. The second kappa shape index (κ2) is 14.1. The Kier molecular flexibility index (Phi) is 9.60. The van der Waals surface area contributed by atoms with Gasteiger partial charge in [-0.2, -0.15) is 8.42 Å². The maximum absolute atomic E-state index is 13.5. The fourth-order valence-electron chi connectivity index (χ4n) is 4.68. The molecule has 0 aliphatic carbocycles. The van der Waals surface area contributed by atoms with Gasteiger partial charge in [0.25, 0.3) is 0 Å². The van der Waals surface area contributed by atoms with Crippen molar-refractivity contribution in [3.05, 3.63) is 124 Å². The van der Waals surface area contributed by atoms with Crippen molar-refractivity contribution in [2.75, 3.05) is 5.32 Å². The molecule has 0 saturated heterocycles. The number of aromatic nitrogens is 4. The quantitative estimate of drug-likeness (QED) is 0.146. The number of hydrogen-bond acceptors (Lipinski definition) is 9. The number of rotatable bonds is 10. The zero-order chi connectivity index (χ0) is 32.0. The number of fused-ring (bicyclic) bond motifs is 1. The summed E-state index contributed by atoms with van der Waals surface area (Å²) >= 11 is 7.95. The van der Waals surface area contributed by atoms with Gasteiger partial charge in [-0.3, -0.25) is 10.3 Å². The summed E-state index contributed by atoms with van der Waals surface area (Å²) in [5, 5.41) is 10.2. The van der Waals surface area contributed by atoms with Crippen molar-refractivity contribution in [2.24, 2.45) is 0 Å². The van der Waals surface area contributed by atoms with Crippen LogP contribution in [0.1, 0.15) is 29.2 Å². The number of pyridine rings is 1. The Hall–Kier alpha value is -4.75. The van der Waals surface area contributed by atoms with Gasteiger partial charge in [0.15, 0.2) is 0 Å². The third-order valence-electron chi connectivity index (χ3n) is 6.95. The molecule has 0 spiro atoms. The van der Waals surface area contributed by atoms with E-state index in [0.717, 1.165) is 27.2 Å². The molecule has 0 radical (unpaired) electrons. The molecule has 9 nitrogen and oxygen atoms in total. The molecule has 0 fully saturated rings. The molecule has 0 bridgehead atoms. The Morgan fingerprint density at radius 2 is 1.91 bits per heavy atom. The Labute approximate surface area is 274 Å². The molecule has 0 amide bonds. The lowest BCUT2D eigenvalue weighted by Gasteiger charge is -2.12. The maximum Gasteiger partial charge on any atom is 0.228 e. The molecule has 3 aromatic carbocycles. The van der Waals surface area contributed by atoms with Crippen molar-refractivity contribution in [3.63, 3.8) is 0 Å². The molecule has 0 aliphatic rings. The minimum absolute atomic E-state index is 0.146. The molecule has 3 heterocycles. The molecule has 46 heavy (non-hydrogen) atoms. The zero-order valence-corrected chi connectivity index (χ0v) is 26.7. The molecule has 0 aliphatic heterocycles. The van der Waals surface area contributed by atoms with Crippen LogP contribution in [0.4, 0.5) is 15.9 Å². The summed E-state index contributed by atoms with van der Waals surface area (Å²) in [6.45, 7) is 2.05. The first-order valence-corrected chi connectivity index (χ1v) is 16.4. The number of nitrogens with zero attached hydrogens (tertiary/aromatic N) is 4. The highest BCUT2D eigenvalue weighted by atomic mass is 35.5. The molecule has 1 atom stereocenters. The molecule has 3 aromatic heterocycles. The van der Waals surface area contributed by atoms with Crippen LogP contribution in [0.25, 0.3) is 22.2 Å². The van der Waals surface area contributed by atoms with Gasteiger partial charge in [-0.05, 0) is 67.1 Å². The van der Waals surface area contributed by atoms with Crippen LogP contribution in [0, 0.1) is 5.82 Å². The highest BCUT2D eigenvalue weighted by Gasteiger charge is 2.16. The number of ether oxygens (including phenoxy) is 1. The van der Waals surface area contributed by atoms with Crippen LogP contribution in [0.2, 0.25) is 5.02 Å². The van der Waals surface area contributed by atoms with Crippen LogP contribution < -0.4 is 15.4 Å². The van der Waals surface area contributed by atoms with Gasteiger partial charge in [-0.15, -0.1) is 11.3 Å². The van der Waals surface area contributed by atoms with Crippen molar-refractivity contribution >= 4 is 60.6 Å². The molecule has 6 rings (SSSR count). The van der Waals surface area contributed by atoms with Crippen LogP contribution in [0.5, 0.6) is 5.75 Å². The number of nitrogens with one attached hydrogen (secondary N) is 2. The first kappa shape index (κ1) is 31.2. The maximum atomic E-state index is 13.5. The summed E-state index contributed by atoms with van der Waals surface area (Å²) in [5.41, 5.74) is 4.36. The third kappa shape index (κ3) is 7.54. The second-order valence-corrected chi connectivity index (χ2v) is 12.5. The molecule has 0 saturated carbocycles. The van der Waals surface area contributed by atoms with E-state index in [-0.39, 0.29) is 29.9 Å². The summed E-state index contributed by atoms with van der Waals surface area (Å²) in [6, 6.07) is 22.3. The SMILES string of the molecule is CC(NC(Cc1ccccn1)=S(=O)=O)c1nc(-c2ccc3ncnc(Nc4ccc(OCc5cccc(F)c5)c(Cl)c4)c3c2)cs1. The van der Waals surface area contributed by atoms with Crippen molar-refractivity contribution in [1.82, 2.24) is 25.3 Å². The predicted molar refractivity (Wildman–Crippen MR) is 180 cm³/mol. The van der Waals surface area contributed by atoms with Crippen LogP contribution in [0.3, 0.4) is 0 Å². The molecule has 232 valence electrons. The normalized spacial score (nSPS) is 11.7. The van der Waals surface area contributed by atoms with Crippen LogP contribution in [0.15, 0.2) is 96.8 Å². The van der Waals surface area contributed by atoms with Crippen LogP contribution in [-0.4, -0.2) is 33.3 Å². The van der Waals surface area contributed by atoms with Gasteiger partial charge in [0.05, 0.1) is 22.3 Å². The van der Waals surface area contributed by atoms with Gasteiger partial charge in [-0.25, -0.2) is 19.3 Å². The Bertz CT molecular complexity index is 2150. The van der Waals surface area contributed by atoms with Gasteiger partial charge < -0.3 is 10.1 Å². The zero-order valence-electron chi connectivity index (χ0n) is 24.3. The molecule has 2 N–H and O–H groups in total. The average Bonchev–Trinajstić information content (AvgIpc) is 3.55. The van der Waals surface area contributed by atoms with Crippen molar-refractivity contribution in [3.8, 4) is 17.0 Å². The van der Waals surface area contributed by atoms with Gasteiger partial charge in [0.2, 0.25) is 10.3 Å². The van der Waals surface area contributed by atoms with E-state index in [2.05, 4.69) is 25.6 Å². The van der Waals surface area contributed by atoms with E-state index in [4.69, 9.17) is 21.3 Å². The van der Waals surface area contributed by atoms with Crippen LogP contribution >= 0.6 is 22.9 Å². The lowest BCUT2D eigenvalue weighted by atomic mass is 10.1. The van der Waals surface area contributed by atoms with Gasteiger partial charge in [-0.1, -0.05) is 35.9 Å². The summed E-state index contributed by atoms with van der Waals surface area (Å²) in [4.78, 5) is 18.0.